The molecule has 1 aromatic heterocycles. The van der Waals surface area contributed by atoms with Gasteiger partial charge in [0.25, 0.3) is 5.56 Å². The maximum atomic E-state index is 13.1. The monoisotopic (exact) mass is 406 g/mol. The van der Waals surface area contributed by atoms with E-state index in [1.807, 2.05) is 73.7 Å². The number of hydrogen-bond donors (Lipinski definition) is 0. The second-order valence-corrected chi connectivity index (χ2v) is 6.86. The van der Waals surface area contributed by atoms with Crippen molar-refractivity contribution in [3.63, 3.8) is 0 Å². The third kappa shape index (κ3) is 3.13. The number of aryl methyl sites for hydroxylation is 1. The molecule has 4 nitrogen and oxygen atoms in total. The smallest absolute Gasteiger partial charge is 0.310 e. The molecule has 4 rings (SSSR count). The Morgan fingerprint density at radius 1 is 0.962 bits per heavy atom. The fourth-order valence-electron chi connectivity index (χ4n) is 2.78. The van der Waals surface area contributed by atoms with E-state index in [9.17, 15) is 4.79 Å². The quantitative estimate of drug-likeness (QED) is 0.466. The van der Waals surface area contributed by atoms with Crippen molar-refractivity contribution in [3.05, 3.63) is 93.2 Å². The van der Waals surface area contributed by atoms with Crippen LogP contribution >= 0.6 is 15.9 Å². The van der Waals surface area contributed by atoms with Gasteiger partial charge in [-0.15, -0.1) is 0 Å². The molecule has 0 atom stereocenters. The molecule has 26 heavy (non-hydrogen) atoms. The SMILES string of the molecule is Cc1cccc(-n2c(Oc3ccc(Br)cc3)nc3ccccc3c2=O)c1. The summed E-state index contributed by atoms with van der Waals surface area (Å²) < 4.78 is 8.44. The molecule has 3 aromatic carbocycles. The molecule has 0 aliphatic heterocycles. The zero-order valence-electron chi connectivity index (χ0n) is 14.0. The Bertz CT molecular complexity index is 1150. The number of benzene rings is 3. The molecule has 0 saturated heterocycles. The van der Waals surface area contributed by atoms with Crippen LogP contribution in [0.4, 0.5) is 0 Å². The molecule has 128 valence electrons. The Kier molecular flexibility index (Phi) is 4.31. The molecule has 5 heteroatoms. The van der Waals surface area contributed by atoms with Crippen molar-refractivity contribution in [1.82, 2.24) is 9.55 Å². The summed E-state index contributed by atoms with van der Waals surface area (Å²) in [5, 5.41) is 0.553. The average Bonchev–Trinajstić information content (AvgIpc) is 2.64. The molecule has 0 spiro atoms. The van der Waals surface area contributed by atoms with Crippen molar-refractivity contribution >= 4 is 26.8 Å². The van der Waals surface area contributed by atoms with Crippen molar-refractivity contribution < 1.29 is 4.74 Å². The molecule has 0 saturated carbocycles. The lowest BCUT2D eigenvalue weighted by Gasteiger charge is -2.14. The third-order valence-electron chi connectivity index (χ3n) is 4.03. The van der Waals surface area contributed by atoms with E-state index >= 15 is 0 Å². The summed E-state index contributed by atoms with van der Waals surface area (Å²) in [6.45, 7) is 1.98. The number of aromatic nitrogens is 2. The highest BCUT2D eigenvalue weighted by Gasteiger charge is 2.14. The Hall–Kier alpha value is -2.92. The molecule has 0 amide bonds. The van der Waals surface area contributed by atoms with Crippen molar-refractivity contribution in [2.45, 2.75) is 6.92 Å². The summed E-state index contributed by atoms with van der Waals surface area (Å²) in [5.74, 6) is 0.608. The lowest BCUT2D eigenvalue weighted by atomic mass is 10.2. The summed E-state index contributed by atoms with van der Waals surface area (Å²) in [6.07, 6.45) is 0. The van der Waals surface area contributed by atoms with Crippen molar-refractivity contribution in [1.29, 1.82) is 0 Å². The van der Waals surface area contributed by atoms with Gasteiger partial charge in [0.05, 0.1) is 16.6 Å². The van der Waals surface area contributed by atoms with E-state index in [0.29, 0.717) is 16.7 Å². The number of fused-ring (bicyclic) bond motifs is 1. The van der Waals surface area contributed by atoms with E-state index in [1.165, 1.54) is 4.57 Å². The van der Waals surface area contributed by atoms with Crippen molar-refractivity contribution in [3.8, 4) is 17.4 Å². The van der Waals surface area contributed by atoms with E-state index in [1.54, 1.807) is 6.07 Å². The molecule has 4 aromatic rings. The Morgan fingerprint density at radius 2 is 1.73 bits per heavy atom. The minimum atomic E-state index is -0.159. The zero-order chi connectivity index (χ0) is 18.1. The third-order valence-corrected chi connectivity index (χ3v) is 4.56. The molecular formula is C21H15BrN2O2. The first kappa shape index (κ1) is 16.5. The Balaban J connectivity index is 1.96. The van der Waals surface area contributed by atoms with Crippen LogP contribution in [-0.4, -0.2) is 9.55 Å². The Labute approximate surface area is 158 Å². The maximum absolute atomic E-state index is 13.1. The van der Waals surface area contributed by atoms with E-state index in [4.69, 9.17) is 4.74 Å². The van der Waals surface area contributed by atoms with Crippen LogP contribution in [0, 0.1) is 6.92 Å². The predicted molar refractivity (Wildman–Crippen MR) is 106 cm³/mol. The molecule has 0 aliphatic rings. The minimum Gasteiger partial charge on any atom is -0.425 e. The van der Waals surface area contributed by atoms with Crippen LogP contribution in [0.5, 0.6) is 11.8 Å². The van der Waals surface area contributed by atoms with Gasteiger partial charge in [0, 0.05) is 4.47 Å². The van der Waals surface area contributed by atoms with Crippen LogP contribution in [0.1, 0.15) is 5.56 Å². The van der Waals surface area contributed by atoms with E-state index in [0.717, 1.165) is 15.7 Å². The summed E-state index contributed by atoms with van der Waals surface area (Å²) >= 11 is 3.41. The predicted octanol–water partition coefficient (Wildman–Crippen LogP) is 5.25. The van der Waals surface area contributed by atoms with E-state index in [2.05, 4.69) is 20.9 Å². The number of rotatable bonds is 3. The van der Waals surface area contributed by atoms with Gasteiger partial charge in [-0.2, -0.15) is 4.98 Å². The van der Waals surface area contributed by atoms with Gasteiger partial charge < -0.3 is 4.74 Å². The first-order valence-corrected chi connectivity index (χ1v) is 8.93. The van der Waals surface area contributed by atoms with Crippen molar-refractivity contribution in [2.24, 2.45) is 0 Å². The lowest BCUT2D eigenvalue weighted by molar-refractivity contribution is 0.427. The highest BCUT2D eigenvalue weighted by atomic mass is 79.9. The van der Waals surface area contributed by atoms with Crippen LogP contribution in [0.2, 0.25) is 0 Å². The van der Waals surface area contributed by atoms with Gasteiger partial charge >= 0.3 is 6.01 Å². The summed E-state index contributed by atoms with van der Waals surface area (Å²) in [6, 6.07) is 22.6. The van der Waals surface area contributed by atoms with Gasteiger partial charge in [0.1, 0.15) is 5.75 Å². The largest absolute Gasteiger partial charge is 0.425 e. The van der Waals surface area contributed by atoms with Gasteiger partial charge in [-0.3, -0.25) is 4.79 Å². The fraction of sp³-hybridized carbons (Fsp3) is 0.0476. The molecule has 0 unspecified atom stereocenters. The van der Waals surface area contributed by atoms with Crippen LogP contribution in [-0.2, 0) is 0 Å². The molecule has 0 N–H and O–H groups in total. The topological polar surface area (TPSA) is 44.1 Å². The first-order valence-electron chi connectivity index (χ1n) is 8.14. The van der Waals surface area contributed by atoms with Crippen LogP contribution in [0.3, 0.4) is 0 Å². The fourth-order valence-corrected chi connectivity index (χ4v) is 3.05. The van der Waals surface area contributed by atoms with Gasteiger partial charge in [-0.25, -0.2) is 4.57 Å². The first-order chi connectivity index (χ1) is 12.6. The highest BCUT2D eigenvalue weighted by molar-refractivity contribution is 9.10. The van der Waals surface area contributed by atoms with E-state index < -0.39 is 0 Å². The van der Waals surface area contributed by atoms with E-state index in [-0.39, 0.29) is 11.6 Å². The molecular weight excluding hydrogens is 392 g/mol. The average molecular weight is 407 g/mol. The zero-order valence-corrected chi connectivity index (χ0v) is 15.6. The lowest BCUT2D eigenvalue weighted by Crippen LogP contribution is -2.21. The normalized spacial score (nSPS) is 10.8. The Morgan fingerprint density at radius 3 is 2.50 bits per heavy atom. The number of hydrogen-bond acceptors (Lipinski definition) is 3. The van der Waals surface area contributed by atoms with Gasteiger partial charge in [-0.05, 0) is 61.0 Å². The van der Waals surface area contributed by atoms with Gasteiger partial charge in [-0.1, -0.05) is 40.2 Å². The highest BCUT2D eigenvalue weighted by Crippen LogP contribution is 2.25. The molecule has 0 bridgehead atoms. The summed E-state index contributed by atoms with van der Waals surface area (Å²) in [4.78, 5) is 17.7. The summed E-state index contributed by atoms with van der Waals surface area (Å²) in [7, 11) is 0. The molecule has 0 fully saturated rings. The maximum Gasteiger partial charge on any atom is 0.310 e. The standard InChI is InChI=1S/C21H15BrN2O2/c1-14-5-4-6-16(13-14)24-20(25)18-7-2-3-8-19(18)23-21(24)26-17-11-9-15(22)10-12-17/h2-13H,1H3. The molecule has 1 heterocycles. The van der Waals surface area contributed by atoms with Gasteiger partial charge in [0.2, 0.25) is 0 Å². The van der Waals surface area contributed by atoms with Crippen LogP contribution in [0.15, 0.2) is 82.1 Å². The summed E-state index contributed by atoms with van der Waals surface area (Å²) in [5.41, 5.74) is 2.22. The van der Waals surface area contributed by atoms with Crippen molar-refractivity contribution in [2.75, 3.05) is 0 Å². The second-order valence-electron chi connectivity index (χ2n) is 5.95. The van der Waals surface area contributed by atoms with Crippen LogP contribution in [0.25, 0.3) is 16.6 Å². The molecule has 0 radical (unpaired) electrons. The number of ether oxygens (including phenoxy) is 1. The van der Waals surface area contributed by atoms with Crippen LogP contribution < -0.4 is 10.3 Å². The number of para-hydroxylation sites is 1. The number of nitrogens with zero attached hydrogens (tertiary/aromatic N) is 2. The minimum absolute atomic E-state index is 0.159. The number of halogens is 1. The molecule has 0 aliphatic carbocycles. The second kappa shape index (κ2) is 6.77. The van der Waals surface area contributed by atoms with Gasteiger partial charge in [0.15, 0.2) is 0 Å².